The smallest absolute Gasteiger partial charge is 0.324 e. The second-order valence-electron chi connectivity index (χ2n) is 7.28. The molecule has 0 unspecified atom stereocenters. The third-order valence-corrected chi connectivity index (χ3v) is 5.07. The highest BCUT2D eigenvalue weighted by Gasteiger charge is 2.50. The Hall–Kier alpha value is -3.66. The van der Waals surface area contributed by atoms with Gasteiger partial charge in [0, 0.05) is 5.69 Å². The fourth-order valence-electron chi connectivity index (χ4n) is 3.30. The van der Waals surface area contributed by atoms with Crippen molar-refractivity contribution < 1.29 is 14.4 Å². The molecule has 2 atom stereocenters. The van der Waals surface area contributed by atoms with E-state index in [1.54, 1.807) is 25.1 Å². The number of carbonyl (C=O) groups excluding carboxylic acids is 3. The number of nitriles is 1. The summed E-state index contributed by atoms with van der Waals surface area (Å²) in [6.45, 7) is 3.18. The largest absolute Gasteiger partial charge is 0.325 e. The van der Waals surface area contributed by atoms with E-state index < -0.39 is 29.4 Å². The molecule has 0 radical (unpaired) electrons. The Balaban J connectivity index is 1.69. The molecule has 1 aliphatic heterocycles. The van der Waals surface area contributed by atoms with Gasteiger partial charge in [-0.2, -0.15) is 5.26 Å². The third kappa shape index (κ3) is 4.27. The second kappa shape index (κ2) is 8.15. The van der Waals surface area contributed by atoms with Crippen molar-refractivity contribution in [3.05, 3.63) is 65.7 Å². The van der Waals surface area contributed by atoms with E-state index >= 15 is 0 Å². The molecular weight excluding hydrogens is 368 g/mol. The Morgan fingerprint density at radius 1 is 1.21 bits per heavy atom. The van der Waals surface area contributed by atoms with Gasteiger partial charge in [0.2, 0.25) is 5.91 Å². The Kier molecular flexibility index (Phi) is 5.64. The van der Waals surface area contributed by atoms with Crippen molar-refractivity contribution in [2.75, 3.05) is 5.32 Å². The van der Waals surface area contributed by atoms with Crippen LogP contribution in [-0.2, 0) is 16.0 Å². The van der Waals surface area contributed by atoms with Crippen LogP contribution in [0.5, 0.6) is 0 Å². The molecule has 1 fully saturated rings. The summed E-state index contributed by atoms with van der Waals surface area (Å²) in [4.78, 5) is 39.0. The summed E-state index contributed by atoms with van der Waals surface area (Å²) in [5.41, 5.74) is 0.832. The molecule has 2 N–H and O–H groups in total. The Bertz CT molecular complexity index is 983. The molecule has 7 heteroatoms. The Labute approximate surface area is 169 Å². The van der Waals surface area contributed by atoms with E-state index in [0.717, 1.165) is 10.5 Å². The topological polar surface area (TPSA) is 102 Å². The number of rotatable bonds is 6. The summed E-state index contributed by atoms with van der Waals surface area (Å²) in [6.07, 6.45) is 1.05. The molecular formula is C22H22N4O3. The molecule has 1 heterocycles. The van der Waals surface area contributed by atoms with Gasteiger partial charge in [-0.1, -0.05) is 36.4 Å². The first kappa shape index (κ1) is 20.1. The van der Waals surface area contributed by atoms with E-state index in [0.29, 0.717) is 24.1 Å². The average molecular weight is 390 g/mol. The molecule has 0 aromatic heterocycles. The molecule has 3 rings (SSSR count). The second-order valence-corrected chi connectivity index (χ2v) is 7.28. The normalized spacial score (nSPS) is 19.4. The van der Waals surface area contributed by atoms with Crippen LogP contribution < -0.4 is 10.6 Å². The highest BCUT2D eigenvalue weighted by Crippen LogP contribution is 2.25. The van der Waals surface area contributed by atoms with E-state index in [1.165, 1.54) is 13.0 Å². The van der Waals surface area contributed by atoms with Gasteiger partial charge in [0.05, 0.1) is 11.6 Å². The van der Waals surface area contributed by atoms with Crippen LogP contribution in [0.25, 0.3) is 0 Å². The summed E-state index contributed by atoms with van der Waals surface area (Å²) in [6, 6.07) is 16.6. The first-order valence-corrected chi connectivity index (χ1v) is 9.35. The molecule has 0 aliphatic carbocycles. The standard InChI is InChI=1S/C22H22N4O3/c1-15(19(27)24-18-10-6-9-17(13-18)14-23)26-20(28)22(2,25-21(26)29)12-11-16-7-4-3-5-8-16/h3-10,13,15H,11-12H2,1-2H3,(H,24,27)(H,25,29)/t15-,22-/m1/s1. The molecule has 0 spiro atoms. The number of hydrogen-bond acceptors (Lipinski definition) is 4. The van der Waals surface area contributed by atoms with Gasteiger partial charge < -0.3 is 10.6 Å². The molecule has 29 heavy (non-hydrogen) atoms. The SMILES string of the molecule is C[C@H](C(=O)Nc1cccc(C#N)c1)N1C(=O)N[C@](C)(CCc2ccccc2)C1=O. The minimum atomic E-state index is -1.07. The van der Waals surface area contributed by atoms with Crippen molar-refractivity contribution in [1.29, 1.82) is 5.26 Å². The van der Waals surface area contributed by atoms with E-state index in [9.17, 15) is 14.4 Å². The molecule has 0 saturated carbocycles. The van der Waals surface area contributed by atoms with Crippen LogP contribution in [-0.4, -0.2) is 34.3 Å². The fourth-order valence-corrected chi connectivity index (χ4v) is 3.30. The average Bonchev–Trinajstić information content (AvgIpc) is 2.95. The highest BCUT2D eigenvalue weighted by atomic mass is 16.2. The number of benzene rings is 2. The zero-order valence-electron chi connectivity index (χ0n) is 16.3. The van der Waals surface area contributed by atoms with Crippen LogP contribution in [0.4, 0.5) is 10.5 Å². The van der Waals surface area contributed by atoms with Crippen molar-refractivity contribution in [3.8, 4) is 6.07 Å². The highest BCUT2D eigenvalue weighted by molar-refractivity contribution is 6.11. The molecule has 1 saturated heterocycles. The van der Waals surface area contributed by atoms with Crippen LogP contribution in [0, 0.1) is 11.3 Å². The van der Waals surface area contributed by atoms with Gasteiger partial charge >= 0.3 is 6.03 Å². The van der Waals surface area contributed by atoms with Crippen LogP contribution in [0.2, 0.25) is 0 Å². The lowest BCUT2D eigenvalue weighted by atomic mass is 9.93. The minimum absolute atomic E-state index is 0.402. The summed E-state index contributed by atoms with van der Waals surface area (Å²) in [7, 11) is 0. The maximum absolute atomic E-state index is 13.0. The molecule has 1 aliphatic rings. The summed E-state index contributed by atoms with van der Waals surface area (Å²) >= 11 is 0. The molecule has 0 bridgehead atoms. The number of urea groups is 1. The predicted octanol–water partition coefficient (Wildman–Crippen LogP) is 2.83. The van der Waals surface area contributed by atoms with E-state index in [-0.39, 0.29) is 0 Å². The first-order chi connectivity index (χ1) is 13.8. The number of imide groups is 1. The number of nitrogens with zero attached hydrogens (tertiary/aromatic N) is 2. The Morgan fingerprint density at radius 3 is 2.62 bits per heavy atom. The zero-order chi connectivity index (χ0) is 21.0. The van der Waals surface area contributed by atoms with Crippen molar-refractivity contribution in [2.45, 2.75) is 38.3 Å². The molecule has 148 valence electrons. The lowest BCUT2D eigenvalue weighted by Gasteiger charge is -2.24. The zero-order valence-corrected chi connectivity index (χ0v) is 16.3. The van der Waals surface area contributed by atoms with Gasteiger partial charge in [-0.05, 0) is 50.5 Å². The van der Waals surface area contributed by atoms with E-state index in [2.05, 4.69) is 10.6 Å². The quantitative estimate of drug-likeness (QED) is 0.741. The van der Waals surface area contributed by atoms with Gasteiger partial charge in [-0.15, -0.1) is 0 Å². The van der Waals surface area contributed by atoms with E-state index in [1.807, 2.05) is 36.4 Å². The number of carbonyl (C=O) groups is 3. The monoisotopic (exact) mass is 390 g/mol. The molecule has 2 aromatic rings. The van der Waals surface area contributed by atoms with Crippen molar-refractivity contribution in [2.24, 2.45) is 0 Å². The van der Waals surface area contributed by atoms with Gasteiger partial charge in [0.25, 0.3) is 5.91 Å². The van der Waals surface area contributed by atoms with Gasteiger partial charge in [-0.3, -0.25) is 9.59 Å². The number of anilines is 1. The van der Waals surface area contributed by atoms with Crippen LogP contribution in [0.15, 0.2) is 54.6 Å². The van der Waals surface area contributed by atoms with Gasteiger partial charge in [0.15, 0.2) is 0 Å². The minimum Gasteiger partial charge on any atom is -0.324 e. The lowest BCUT2D eigenvalue weighted by Crippen LogP contribution is -2.48. The summed E-state index contributed by atoms with van der Waals surface area (Å²) in [5.74, 6) is -0.928. The van der Waals surface area contributed by atoms with E-state index in [4.69, 9.17) is 5.26 Å². The van der Waals surface area contributed by atoms with Crippen LogP contribution >= 0.6 is 0 Å². The number of aryl methyl sites for hydroxylation is 1. The van der Waals surface area contributed by atoms with Crippen molar-refractivity contribution in [1.82, 2.24) is 10.2 Å². The molecule has 4 amide bonds. The fraction of sp³-hybridized carbons (Fsp3) is 0.273. The maximum Gasteiger partial charge on any atom is 0.325 e. The van der Waals surface area contributed by atoms with Crippen LogP contribution in [0.1, 0.15) is 31.4 Å². The predicted molar refractivity (Wildman–Crippen MR) is 108 cm³/mol. The number of nitrogens with one attached hydrogen (secondary N) is 2. The molecule has 7 nitrogen and oxygen atoms in total. The maximum atomic E-state index is 13.0. The third-order valence-electron chi connectivity index (χ3n) is 5.07. The molecule has 2 aromatic carbocycles. The van der Waals surface area contributed by atoms with Crippen molar-refractivity contribution >= 4 is 23.5 Å². The first-order valence-electron chi connectivity index (χ1n) is 9.35. The van der Waals surface area contributed by atoms with Gasteiger partial charge in [-0.25, -0.2) is 9.69 Å². The van der Waals surface area contributed by atoms with Gasteiger partial charge in [0.1, 0.15) is 11.6 Å². The van der Waals surface area contributed by atoms with Crippen LogP contribution in [0.3, 0.4) is 0 Å². The summed E-state index contributed by atoms with van der Waals surface area (Å²) < 4.78 is 0. The number of amides is 4. The summed E-state index contributed by atoms with van der Waals surface area (Å²) in [5, 5.41) is 14.4. The Morgan fingerprint density at radius 2 is 1.93 bits per heavy atom. The number of hydrogen-bond donors (Lipinski definition) is 2. The lowest BCUT2D eigenvalue weighted by molar-refractivity contribution is -0.136. The van der Waals surface area contributed by atoms with Crippen molar-refractivity contribution in [3.63, 3.8) is 0 Å².